The van der Waals surface area contributed by atoms with E-state index in [1.165, 1.54) is 16.7 Å². The molecule has 7 nitrogen and oxygen atoms in total. The molecule has 1 aromatic carbocycles. The van der Waals surface area contributed by atoms with Crippen molar-refractivity contribution in [3.63, 3.8) is 0 Å². The number of nitrogens with one attached hydrogen (secondary N) is 1. The predicted octanol–water partition coefficient (Wildman–Crippen LogP) is 4.73. The average Bonchev–Trinajstić information content (AvgIpc) is 3.06. The zero-order valence-electron chi connectivity index (χ0n) is 17.6. The number of rotatable bonds is 8. The van der Waals surface area contributed by atoms with Gasteiger partial charge in [-0.3, -0.25) is 14.0 Å². The minimum absolute atomic E-state index is 0.0845. The monoisotopic (exact) mass is 558 g/mol. The first-order valence-corrected chi connectivity index (χ1v) is 12.4. The summed E-state index contributed by atoms with van der Waals surface area (Å²) in [6.07, 6.45) is 3.70. The highest BCUT2D eigenvalue weighted by molar-refractivity contribution is 9.10. The number of nitrogens with zero attached hydrogens (tertiary/aromatic N) is 3. The van der Waals surface area contributed by atoms with E-state index in [9.17, 15) is 9.59 Å². The number of thioether (sulfide) groups is 1. The Labute approximate surface area is 208 Å². The van der Waals surface area contributed by atoms with Gasteiger partial charge in [0.1, 0.15) is 11.2 Å². The van der Waals surface area contributed by atoms with Crippen molar-refractivity contribution in [3.8, 4) is 5.75 Å². The highest BCUT2D eigenvalue weighted by Crippen LogP contribution is 2.35. The van der Waals surface area contributed by atoms with Gasteiger partial charge in [0, 0.05) is 23.8 Å². The summed E-state index contributed by atoms with van der Waals surface area (Å²) in [5.74, 6) is 0.350. The van der Waals surface area contributed by atoms with Gasteiger partial charge in [-0.05, 0) is 53.4 Å². The first-order chi connectivity index (χ1) is 15.2. The number of carbonyl (C=O) groups excluding carboxylic acids is 2. The van der Waals surface area contributed by atoms with E-state index in [-0.39, 0.29) is 25.0 Å². The van der Waals surface area contributed by atoms with E-state index in [2.05, 4.69) is 26.2 Å². The molecule has 0 atom stereocenters. The summed E-state index contributed by atoms with van der Waals surface area (Å²) >= 11 is 17.9. The predicted molar refractivity (Wildman–Crippen MR) is 133 cm³/mol. The topological polar surface area (TPSA) is 75.9 Å². The minimum Gasteiger partial charge on any atom is -0.485 e. The van der Waals surface area contributed by atoms with E-state index >= 15 is 0 Å². The molecule has 2 aromatic heterocycles. The standard InChI is InChI=1S/C21H21BrCl2N4O3S/c1-12-20(22)28-8-4-5-16(21(28)26-12)31-10-13-14(23)6-7-15(19(13)24)27(2)18(30)9-25-17(29)11-32-3/h4-8H,9-11H2,1-3H3,(H,25,29). The highest BCUT2D eigenvalue weighted by atomic mass is 79.9. The zero-order valence-corrected chi connectivity index (χ0v) is 21.5. The minimum atomic E-state index is -0.307. The smallest absolute Gasteiger partial charge is 0.246 e. The number of likely N-dealkylation sites (N-methyl/N-ethyl adjacent to an activating group) is 1. The Bertz CT molecular complexity index is 1170. The number of fused-ring (bicyclic) bond motifs is 1. The molecular weight excluding hydrogens is 539 g/mol. The van der Waals surface area contributed by atoms with Crippen molar-refractivity contribution >= 4 is 74.0 Å². The summed E-state index contributed by atoms with van der Waals surface area (Å²) in [6.45, 7) is 1.85. The number of benzene rings is 1. The third-order valence-electron chi connectivity index (χ3n) is 4.70. The highest BCUT2D eigenvalue weighted by Gasteiger charge is 2.20. The van der Waals surface area contributed by atoms with Gasteiger partial charge in [0.15, 0.2) is 11.4 Å². The lowest BCUT2D eigenvalue weighted by molar-refractivity contribution is -0.123. The lowest BCUT2D eigenvalue weighted by atomic mass is 10.2. The van der Waals surface area contributed by atoms with E-state index in [0.29, 0.717) is 38.4 Å². The molecule has 2 amide bonds. The second-order valence-electron chi connectivity index (χ2n) is 6.86. The molecule has 0 bridgehead atoms. The van der Waals surface area contributed by atoms with Crippen molar-refractivity contribution in [1.29, 1.82) is 0 Å². The van der Waals surface area contributed by atoms with Gasteiger partial charge in [-0.1, -0.05) is 23.2 Å². The van der Waals surface area contributed by atoms with Crippen molar-refractivity contribution in [2.75, 3.05) is 30.5 Å². The summed E-state index contributed by atoms with van der Waals surface area (Å²) < 4.78 is 8.73. The number of carbonyl (C=O) groups is 2. The van der Waals surface area contributed by atoms with Crippen molar-refractivity contribution in [1.82, 2.24) is 14.7 Å². The summed E-state index contributed by atoms with van der Waals surface area (Å²) in [4.78, 5) is 30.1. The normalized spacial score (nSPS) is 10.9. The van der Waals surface area contributed by atoms with Gasteiger partial charge < -0.3 is 15.0 Å². The van der Waals surface area contributed by atoms with E-state index < -0.39 is 0 Å². The van der Waals surface area contributed by atoms with Gasteiger partial charge in [0.25, 0.3) is 0 Å². The van der Waals surface area contributed by atoms with E-state index in [1.807, 2.05) is 35.9 Å². The quantitative estimate of drug-likeness (QED) is 0.431. The maximum Gasteiger partial charge on any atom is 0.246 e. The summed E-state index contributed by atoms with van der Waals surface area (Å²) in [5.41, 5.74) is 2.51. The third kappa shape index (κ3) is 5.33. The molecular formula is C21H21BrCl2N4O3S. The third-order valence-corrected chi connectivity index (χ3v) is 6.98. The first-order valence-electron chi connectivity index (χ1n) is 9.49. The zero-order chi connectivity index (χ0) is 23.4. The van der Waals surface area contributed by atoms with Crippen molar-refractivity contribution < 1.29 is 14.3 Å². The van der Waals surface area contributed by atoms with Crippen LogP contribution in [0.3, 0.4) is 0 Å². The van der Waals surface area contributed by atoms with Gasteiger partial charge in [-0.25, -0.2) is 4.98 Å². The number of hydrogen-bond donors (Lipinski definition) is 1. The number of hydrogen-bond acceptors (Lipinski definition) is 5. The molecule has 11 heteroatoms. The molecule has 0 unspecified atom stereocenters. The number of anilines is 1. The Morgan fingerprint density at radius 1 is 1.31 bits per heavy atom. The van der Waals surface area contributed by atoms with Crippen LogP contribution in [0.15, 0.2) is 35.1 Å². The van der Waals surface area contributed by atoms with E-state index in [0.717, 1.165) is 10.3 Å². The van der Waals surface area contributed by atoms with Crippen LogP contribution in [0.1, 0.15) is 11.3 Å². The first kappa shape index (κ1) is 24.7. The summed E-state index contributed by atoms with van der Waals surface area (Å²) in [7, 11) is 1.59. The lowest BCUT2D eigenvalue weighted by Crippen LogP contribution is -2.39. The molecule has 0 aliphatic carbocycles. The van der Waals surface area contributed by atoms with Crippen LogP contribution in [-0.4, -0.2) is 46.8 Å². The van der Waals surface area contributed by atoms with Crippen molar-refractivity contribution in [3.05, 3.63) is 56.4 Å². The van der Waals surface area contributed by atoms with Gasteiger partial charge in [-0.15, -0.1) is 0 Å². The number of ether oxygens (including phenoxy) is 1. The van der Waals surface area contributed by atoms with Gasteiger partial charge in [0.2, 0.25) is 11.8 Å². The van der Waals surface area contributed by atoms with Crippen LogP contribution < -0.4 is 15.0 Å². The largest absolute Gasteiger partial charge is 0.485 e. The molecule has 3 aromatic rings. The second kappa shape index (κ2) is 10.8. The molecule has 0 saturated heterocycles. The van der Waals surface area contributed by atoms with Crippen LogP contribution in [-0.2, 0) is 16.2 Å². The number of halogens is 3. The van der Waals surface area contributed by atoms with Crippen molar-refractivity contribution in [2.24, 2.45) is 0 Å². The molecule has 0 radical (unpaired) electrons. The molecule has 0 fully saturated rings. The number of aryl methyl sites for hydroxylation is 1. The number of pyridine rings is 1. The van der Waals surface area contributed by atoms with Crippen LogP contribution in [0.2, 0.25) is 10.0 Å². The Morgan fingerprint density at radius 3 is 2.78 bits per heavy atom. The average molecular weight is 560 g/mol. The lowest BCUT2D eigenvalue weighted by Gasteiger charge is -2.21. The van der Waals surface area contributed by atoms with Gasteiger partial charge >= 0.3 is 0 Å². The summed E-state index contributed by atoms with van der Waals surface area (Å²) in [6, 6.07) is 6.98. The number of imidazole rings is 1. The molecule has 3 rings (SSSR count). The maximum absolute atomic E-state index is 12.5. The Morgan fingerprint density at radius 2 is 2.06 bits per heavy atom. The Hall–Kier alpha value is -1.94. The number of amides is 2. The fourth-order valence-electron chi connectivity index (χ4n) is 2.98. The summed E-state index contributed by atoms with van der Waals surface area (Å²) in [5, 5.41) is 3.31. The molecule has 2 heterocycles. The van der Waals surface area contributed by atoms with Crippen molar-refractivity contribution in [2.45, 2.75) is 13.5 Å². The molecule has 0 spiro atoms. The SMILES string of the molecule is CSCC(=O)NCC(=O)N(C)c1ccc(Cl)c(COc2cccn3c(Br)c(C)nc23)c1Cl. The second-order valence-corrected chi connectivity index (χ2v) is 9.27. The molecule has 1 N–H and O–H groups in total. The molecule has 32 heavy (non-hydrogen) atoms. The van der Waals surface area contributed by atoms with E-state index in [4.69, 9.17) is 27.9 Å². The van der Waals surface area contributed by atoms with Crippen LogP contribution >= 0.6 is 50.9 Å². The van der Waals surface area contributed by atoms with E-state index in [1.54, 1.807) is 19.2 Å². The molecule has 0 aliphatic rings. The Kier molecular flexibility index (Phi) is 8.32. The van der Waals surface area contributed by atoms with Crippen LogP contribution in [0, 0.1) is 6.92 Å². The van der Waals surface area contributed by atoms with Crippen LogP contribution in [0.5, 0.6) is 5.75 Å². The Balaban J connectivity index is 1.79. The van der Waals surface area contributed by atoms with Crippen LogP contribution in [0.4, 0.5) is 5.69 Å². The fourth-order valence-corrected chi connectivity index (χ4v) is 4.32. The number of aromatic nitrogens is 2. The maximum atomic E-state index is 12.5. The molecule has 0 saturated carbocycles. The fraction of sp³-hybridized carbons (Fsp3) is 0.286. The molecule has 170 valence electrons. The van der Waals surface area contributed by atoms with Gasteiger partial charge in [-0.2, -0.15) is 11.8 Å². The van der Waals surface area contributed by atoms with Crippen LogP contribution in [0.25, 0.3) is 5.65 Å². The molecule has 0 aliphatic heterocycles. The van der Waals surface area contributed by atoms with Gasteiger partial charge in [0.05, 0.1) is 28.7 Å².